The van der Waals surface area contributed by atoms with Gasteiger partial charge in [-0.2, -0.15) is 0 Å². The first-order valence-electron chi connectivity index (χ1n) is 18.6. The summed E-state index contributed by atoms with van der Waals surface area (Å²) in [5.41, 5.74) is 0. The molecule has 3 atom stereocenters. The van der Waals surface area contributed by atoms with Crippen molar-refractivity contribution < 1.29 is 32.9 Å². The standard InChI is InChI=1S/C36H73N2O6P/c1-6-8-10-12-14-16-18-20-22-24-26-28-30-36(40)37-34(33-44-45(41,42)43-32-31-38(3,4)5)35(39)29-27-25-23-21-19-17-15-13-11-9-7-2/h27,29,34-35,39H,6-26,28,30-33H2,1-5H3,(H-,37,40,41,42)/p+1/b29-27+. The quantitative estimate of drug-likeness (QED) is 0.0280. The fraction of sp³-hybridized carbons (Fsp3) is 0.917. The van der Waals surface area contributed by atoms with Gasteiger partial charge in [0.1, 0.15) is 13.2 Å². The first-order chi connectivity index (χ1) is 21.5. The van der Waals surface area contributed by atoms with Gasteiger partial charge < -0.3 is 19.8 Å². The average molecular weight is 662 g/mol. The van der Waals surface area contributed by atoms with Crippen LogP contribution in [0.4, 0.5) is 0 Å². The Morgan fingerprint density at radius 3 is 1.64 bits per heavy atom. The summed E-state index contributed by atoms with van der Waals surface area (Å²) < 4.78 is 23.4. The number of phosphoric acid groups is 1. The maximum Gasteiger partial charge on any atom is 0.472 e. The van der Waals surface area contributed by atoms with Crippen LogP contribution in [-0.2, 0) is 18.4 Å². The molecular weight excluding hydrogens is 587 g/mol. The number of amides is 1. The lowest BCUT2D eigenvalue weighted by Gasteiger charge is -2.25. The Labute approximate surface area is 278 Å². The van der Waals surface area contributed by atoms with Crippen LogP contribution >= 0.6 is 7.82 Å². The third-order valence-electron chi connectivity index (χ3n) is 8.26. The smallest absolute Gasteiger partial charge is 0.387 e. The number of quaternary nitrogens is 1. The SMILES string of the molecule is CCCCCCCCCCC/C=C/C(O)C(COP(=O)(O)OCC[N+](C)(C)C)NC(=O)CCCCCCCCCCCCCC. The molecule has 45 heavy (non-hydrogen) atoms. The van der Waals surface area contributed by atoms with Crippen LogP contribution < -0.4 is 5.32 Å². The van der Waals surface area contributed by atoms with Gasteiger partial charge in [-0.05, 0) is 19.3 Å². The minimum absolute atomic E-state index is 0.0639. The Bertz CT molecular complexity index is 758. The summed E-state index contributed by atoms with van der Waals surface area (Å²) in [7, 11) is 1.57. The molecular formula is C36H74N2O6P+. The largest absolute Gasteiger partial charge is 0.472 e. The molecule has 9 heteroatoms. The number of likely N-dealkylation sites (N-methyl/N-ethyl adjacent to an activating group) is 1. The molecule has 8 nitrogen and oxygen atoms in total. The predicted molar refractivity (Wildman–Crippen MR) is 189 cm³/mol. The Balaban J connectivity index is 4.55. The number of aliphatic hydroxyl groups is 1. The zero-order valence-corrected chi connectivity index (χ0v) is 31.0. The predicted octanol–water partition coefficient (Wildman–Crippen LogP) is 9.24. The fourth-order valence-electron chi connectivity index (χ4n) is 5.22. The van der Waals surface area contributed by atoms with E-state index in [1.807, 2.05) is 27.2 Å². The van der Waals surface area contributed by atoms with E-state index in [1.165, 1.54) is 103 Å². The molecule has 0 aliphatic carbocycles. The molecule has 3 N–H and O–H groups in total. The highest BCUT2D eigenvalue weighted by Gasteiger charge is 2.27. The van der Waals surface area contributed by atoms with E-state index in [-0.39, 0.29) is 19.1 Å². The number of nitrogens with zero attached hydrogens (tertiary/aromatic N) is 1. The first-order valence-corrected chi connectivity index (χ1v) is 20.1. The topological polar surface area (TPSA) is 105 Å². The van der Waals surface area contributed by atoms with Gasteiger partial charge in [-0.25, -0.2) is 4.57 Å². The second kappa shape index (κ2) is 29.4. The highest BCUT2D eigenvalue weighted by atomic mass is 31.2. The number of unbranched alkanes of at least 4 members (excludes halogenated alkanes) is 20. The molecule has 0 aliphatic rings. The van der Waals surface area contributed by atoms with E-state index in [0.717, 1.165) is 38.5 Å². The van der Waals surface area contributed by atoms with Crippen LogP contribution in [0.5, 0.6) is 0 Å². The molecule has 0 rings (SSSR count). The summed E-state index contributed by atoms with van der Waals surface area (Å²) in [5.74, 6) is -0.180. The molecule has 0 heterocycles. The number of hydrogen-bond acceptors (Lipinski definition) is 5. The summed E-state index contributed by atoms with van der Waals surface area (Å²) in [4.78, 5) is 22.9. The van der Waals surface area contributed by atoms with Gasteiger partial charge in [-0.15, -0.1) is 0 Å². The third-order valence-corrected chi connectivity index (χ3v) is 9.24. The maximum absolute atomic E-state index is 12.7. The van der Waals surface area contributed by atoms with Crippen LogP contribution in [0.3, 0.4) is 0 Å². The highest BCUT2D eigenvalue weighted by Crippen LogP contribution is 2.43. The van der Waals surface area contributed by atoms with E-state index >= 15 is 0 Å². The Morgan fingerprint density at radius 2 is 1.18 bits per heavy atom. The first kappa shape index (κ1) is 44.2. The average Bonchev–Trinajstić information content (AvgIpc) is 2.97. The number of aliphatic hydroxyl groups excluding tert-OH is 1. The molecule has 0 fully saturated rings. The normalized spacial score (nSPS) is 14.9. The van der Waals surface area contributed by atoms with Crippen molar-refractivity contribution in [3.8, 4) is 0 Å². The Morgan fingerprint density at radius 1 is 0.733 bits per heavy atom. The number of nitrogens with one attached hydrogen (secondary N) is 1. The molecule has 3 unspecified atom stereocenters. The van der Waals surface area contributed by atoms with E-state index in [9.17, 15) is 19.4 Å². The highest BCUT2D eigenvalue weighted by molar-refractivity contribution is 7.47. The van der Waals surface area contributed by atoms with Gasteiger partial charge in [-0.1, -0.05) is 148 Å². The van der Waals surface area contributed by atoms with Crippen molar-refractivity contribution >= 4 is 13.7 Å². The van der Waals surface area contributed by atoms with E-state index in [0.29, 0.717) is 17.4 Å². The Hall–Kier alpha value is -0.760. The van der Waals surface area contributed by atoms with Crippen molar-refractivity contribution in [2.24, 2.45) is 0 Å². The van der Waals surface area contributed by atoms with Crippen LogP contribution in [0, 0.1) is 0 Å². The van der Waals surface area contributed by atoms with Crippen molar-refractivity contribution in [3.63, 3.8) is 0 Å². The van der Waals surface area contributed by atoms with Crippen molar-refractivity contribution in [1.29, 1.82) is 0 Å². The van der Waals surface area contributed by atoms with Gasteiger partial charge >= 0.3 is 7.82 Å². The lowest BCUT2D eigenvalue weighted by atomic mass is 10.0. The number of carbonyl (C=O) groups excluding carboxylic acids is 1. The molecule has 1 amide bonds. The molecule has 0 aromatic carbocycles. The fourth-order valence-corrected chi connectivity index (χ4v) is 5.95. The minimum Gasteiger partial charge on any atom is -0.387 e. The summed E-state index contributed by atoms with van der Waals surface area (Å²) in [6, 6.07) is -0.836. The lowest BCUT2D eigenvalue weighted by Crippen LogP contribution is -2.45. The van der Waals surface area contributed by atoms with E-state index in [2.05, 4.69) is 19.2 Å². The van der Waals surface area contributed by atoms with Gasteiger partial charge in [0.15, 0.2) is 0 Å². The van der Waals surface area contributed by atoms with Crippen molar-refractivity contribution in [2.75, 3.05) is 40.9 Å². The summed E-state index contributed by atoms with van der Waals surface area (Å²) in [6.45, 7) is 4.78. The molecule has 0 saturated carbocycles. The van der Waals surface area contributed by atoms with E-state index in [1.54, 1.807) is 6.08 Å². The van der Waals surface area contributed by atoms with Gasteiger partial charge in [0.2, 0.25) is 5.91 Å². The summed E-state index contributed by atoms with van der Waals surface area (Å²) >= 11 is 0. The number of hydrogen-bond donors (Lipinski definition) is 3. The Kier molecular flexibility index (Phi) is 28.9. The molecule has 0 bridgehead atoms. The van der Waals surface area contributed by atoms with Crippen molar-refractivity contribution in [3.05, 3.63) is 12.2 Å². The van der Waals surface area contributed by atoms with Crippen molar-refractivity contribution in [2.45, 2.75) is 174 Å². The monoisotopic (exact) mass is 662 g/mol. The van der Waals surface area contributed by atoms with Gasteiger partial charge in [0.25, 0.3) is 0 Å². The number of allylic oxidation sites excluding steroid dienone is 1. The zero-order chi connectivity index (χ0) is 33.7. The molecule has 268 valence electrons. The maximum atomic E-state index is 12.7. The van der Waals surface area contributed by atoms with Crippen LogP contribution in [-0.4, -0.2) is 73.4 Å². The van der Waals surface area contributed by atoms with Crippen LogP contribution in [0.25, 0.3) is 0 Å². The van der Waals surface area contributed by atoms with Crippen LogP contribution in [0.15, 0.2) is 12.2 Å². The number of carbonyl (C=O) groups is 1. The van der Waals surface area contributed by atoms with Crippen LogP contribution in [0.1, 0.15) is 162 Å². The van der Waals surface area contributed by atoms with Crippen LogP contribution in [0.2, 0.25) is 0 Å². The molecule has 0 saturated heterocycles. The minimum atomic E-state index is -4.32. The second-order valence-corrected chi connectivity index (χ2v) is 15.4. The molecule has 0 aliphatic heterocycles. The number of phosphoric ester groups is 1. The summed E-state index contributed by atoms with van der Waals surface area (Å²) in [6.07, 6.45) is 29.8. The molecule has 0 spiro atoms. The summed E-state index contributed by atoms with van der Waals surface area (Å²) in [5, 5.41) is 13.7. The third kappa shape index (κ3) is 31.6. The molecule has 0 radical (unpaired) electrons. The lowest BCUT2D eigenvalue weighted by molar-refractivity contribution is -0.870. The molecule has 0 aromatic heterocycles. The van der Waals surface area contributed by atoms with Gasteiger partial charge in [-0.3, -0.25) is 13.8 Å². The van der Waals surface area contributed by atoms with Gasteiger partial charge in [0.05, 0.1) is 39.9 Å². The van der Waals surface area contributed by atoms with Crippen molar-refractivity contribution in [1.82, 2.24) is 5.32 Å². The van der Waals surface area contributed by atoms with E-state index in [4.69, 9.17) is 9.05 Å². The molecule has 0 aromatic rings. The van der Waals surface area contributed by atoms with E-state index < -0.39 is 20.0 Å². The zero-order valence-electron chi connectivity index (χ0n) is 30.1. The van der Waals surface area contributed by atoms with Gasteiger partial charge in [0, 0.05) is 6.42 Å². The number of rotatable bonds is 33. The second-order valence-electron chi connectivity index (χ2n) is 14.0.